The van der Waals surface area contributed by atoms with Crippen LogP contribution in [0, 0.1) is 11.8 Å². The van der Waals surface area contributed by atoms with E-state index in [2.05, 4.69) is 23.8 Å². The van der Waals surface area contributed by atoms with Crippen molar-refractivity contribution in [2.45, 2.75) is 39.5 Å². The van der Waals surface area contributed by atoms with Gasteiger partial charge in [-0.25, -0.2) is 4.98 Å². The van der Waals surface area contributed by atoms with Gasteiger partial charge in [0.05, 0.1) is 6.20 Å². The van der Waals surface area contributed by atoms with E-state index in [0.717, 1.165) is 6.42 Å². The SMILES string of the molecule is CC(C)CCN(CCC(=O)N1CCC(C(N)=O)CC1)C(=O)c1cnccn1. The molecule has 2 N–H and O–H groups in total. The average Bonchev–Trinajstić information content (AvgIpc) is 2.68. The second-order valence-corrected chi connectivity index (χ2v) is 7.37. The normalized spacial score (nSPS) is 15.0. The lowest BCUT2D eigenvalue weighted by Gasteiger charge is -2.31. The maximum Gasteiger partial charge on any atom is 0.274 e. The molecule has 1 fully saturated rings. The molecular formula is C19H29N5O3. The van der Waals surface area contributed by atoms with Crippen LogP contribution >= 0.6 is 0 Å². The maximum absolute atomic E-state index is 12.7. The molecule has 2 rings (SSSR count). The minimum absolute atomic E-state index is 0.000543. The molecule has 1 aromatic heterocycles. The van der Waals surface area contributed by atoms with Crippen LogP contribution in [0.25, 0.3) is 0 Å². The highest BCUT2D eigenvalue weighted by molar-refractivity contribution is 5.92. The predicted molar refractivity (Wildman–Crippen MR) is 101 cm³/mol. The summed E-state index contributed by atoms with van der Waals surface area (Å²) in [5.41, 5.74) is 5.62. The zero-order valence-corrected chi connectivity index (χ0v) is 16.1. The molecule has 27 heavy (non-hydrogen) atoms. The van der Waals surface area contributed by atoms with Gasteiger partial charge in [-0.15, -0.1) is 0 Å². The minimum atomic E-state index is -0.295. The Bertz CT molecular complexity index is 642. The molecule has 0 saturated carbocycles. The van der Waals surface area contributed by atoms with Crippen LogP contribution in [0.2, 0.25) is 0 Å². The van der Waals surface area contributed by atoms with Gasteiger partial charge in [0.15, 0.2) is 0 Å². The minimum Gasteiger partial charge on any atom is -0.369 e. The third-order valence-corrected chi connectivity index (χ3v) is 4.89. The molecule has 3 amide bonds. The number of rotatable bonds is 8. The largest absolute Gasteiger partial charge is 0.369 e. The fourth-order valence-electron chi connectivity index (χ4n) is 3.10. The fourth-order valence-corrected chi connectivity index (χ4v) is 3.10. The van der Waals surface area contributed by atoms with Gasteiger partial charge in [-0.2, -0.15) is 0 Å². The average molecular weight is 375 g/mol. The summed E-state index contributed by atoms with van der Waals surface area (Å²) < 4.78 is 0. The Labute approximate surface area is 160 Å². The monoisotopic (exact) mass is 375 g/mol. The lowest BCUT2D eigenvalue weighted by atomic mass is 9.96. The molecule has 1 saturated heterocycles. The molecule has 0 spiro atoms. The first kappa shape index (κ1) is 20.8. The Morgan fingerprint density at radius 2 is 1.93 bits per heavy atom. The Kier molecular flexibility index (Phi) is 7.69. The molecule has 0 aliphatic carbocycles. The molecule has 0 radical (unpaired) electrons. The third-order valence-electron chi connectivity index (χ3n) is 4.89. The van der Waals surface area contributed by atoms with Crippen molar-refractivity contribution in [2.24, 2.45) is 17.6 Å². The number of primary amides is 1. The van der Waals surface area contributed by atoms with Crippen molar-refractivity contribution >= 4 is 17.7 Å². The summed E-state index contributed by atoms with van der Waals surface area (Å²) in [4.78, 5) is 47.9. The molecule has 8 nitrogen and oxygen atoms in total. The van der Waals surface area contributed by atoms with E-state index in [1.165, 1.54) is 18.6 Å². The summed E-state index contributed by atoms with van der Waals surface area (Å²) in [5.74, 6) is -0.194. The highest BCUT2D eigenvalue weighted by Gasteiger charge is 2.26. The zero-order chi connectivity index (χ0) is 19.8. The first-order valence-corrected chi connectivity index (χ1v) is 9.51. The van der Waals surface area contributed by atoms with Gasteiger partial charge in [0.25, 0.3) is 5.91 Å². The predicted octanol–water partition coefficient (Wildman–Crippen LogP) is 1.08. The van der Waals surface area contributed by atoms with E-state index >= 15 is 0 Å². The first-order chi connectivity index (χ1) is 12.9. The van der Waals surface area contributed by atoms with Crippen molar-refractivity contribution in [3.05, 3.63) is 24.3 Å². The van der Waals surface area contributed by atoms with Crippen molar-refractivity contribution < 1.29 is 14.4 Å². The maximum atomic E-state index is 12.7. The van der Waals surface area contributed by atoms with Gasteiger partial charge >= 0.3 is 0 Å². The van der Waals surface area contributed by atoms with E-state index in [0.29, 0.717) is 44.9 Å². The fraction of sp³-hybridized carbons (Fsp3) is 0.632. The molecule has 2 heterocycles. The number of nitrogens with two attached hydrogens (primary N) is 1. The Morgan fingerprint density at radius 3 is 2.48 bits per heavy atom. The number of aromatic nitrogens is 2. The van der Waals surface area contributed by atoms with Crippen LogP contribution in [-0.2, 0) is 9.59 Å². The smallest absolute Gasteiger partial charge is 0.274 e. The van der Waals surface area contributed by atoms with E-state index in [1.54, 1.807) is 9.80 Å². The Hall–Kier alpha value is -2.51. The summed E-state index contributed by atoms with van der Waals surface area (Å²) in [6.07, 6.45) is 6.78. The molecule has 0 atom stereocenters. The van der Waals surface area contributed by atoms with Gasteiger partial charge in [-0.05, 0) is 25.2 Å². The molecule has 1 aliphatic rings. The quantitative estimate of drug-likeness (QED) is 0.731. The summed E-state index contributed by atoms with van der Waals surface area (Å²) in [5, 5.41) is 0. The van der Waals surface area contributed by atoms with Crippen molar-refractivity contribution in [2.75, 3.05) is 26.2 Å². The van der Waals surface area contributed by atoms with Gasteiger partial charge in [0.2, 0.25) is 11.8 Å². The van der Waals surface area contributed by atoms with Crippen molar-refractivity contribution in [3.8, 4) is 0 Å². The zero-order valence-electron chi connectivity index (χ0n) is 16.1. The molecule has 0 unspecified atom stereocenters. The Balaban J connectivity index is 1.92. The second kappa shape index (κ2) is 9.99. The number of carbonyl (C=O) groups is 3. The van der Waals surface area contributed by atoms with Gasteiger partial charge in [-0.1, -0.05) is 13.8 Å². The van der Waals surface area contributed by atoms with Crippen LogP contribution in [-0.4, -0.2) is 63.7 Å². The lowest BCUT2D eigenvalue weighted by Crippen LogP contribution is -2.43. The summed E-state index contributed by atoms with van der Waals surface area (Å²) in [6, 6.07) is 0. The van der Waals surface area contributed by atoms with Crippen LogP contribution in [0.1, 0.15) is 50.0 Å². The van der Waals surface area contributed by atoms with Crippen molar-refractivity contribution in [1.82, 2.24) is 19.8 Å². The van der Waals surface area contributed by atoms with Crippen LogP contribution in [0.4, 0.5) is 0 Å². The number of likely N-dealkylation sites (tertiary alicyclic amines) is 1. The van der Waals surface area contributed by atoms with E-state index < -0.39 is 0 Å². The topological polar surface area (TPSA) is 109 Å². The van der Waals surface area contributed by atoms with Crippen molar-refractivity contribution in [3.63, 3.8) is 0 Å². The van der Waals surface area contributed by atoms with E-state index in [-0.39, 0.29) is 35.8 Å². The van der Waals surface area contributed by atoms with Crippen LogP contribution in [0.15, 0.2) is 18.6 Å². The van der Waals surface area contributed by atoms with Crippen LogP contribution in [0.5, 0.6) is 0 Å². The van der Waals surface area contributed by atoms with Crippen molar-refractivity contribution in [1.29, 1.82) is 0 Å². The summed E-state index contributed by atoms with van der Waals surface area (Å²) in [6.45, 7) is 6.19. The molecular weight excluding hydrogens is 346 g/mol. The van der Waals surface area contributed by atoms with Gasteiger partial charge in [-0.3, -0.25) is 19.4 Å². The molecule has 0 bridgehead atoms. The number of hydrogen-bond donors (Lipinski definition) is 1. The lowest BCUT2D eigenvalue weighted by molar-refractivity contribution is -0.135. The highest BCUT2D eigenvalue weighted by Crippen LogP contribution is 2.17. The molecule has 1 aliphatic heterocycles. The molecule has 8 heteroatoms. The van der Waals surface area contributed by atoms with Gasteiger partial charge in [0, 0.05) is 50.9 Å². The highest BCUT2D eigenvalue weighted by atomic mass is 16.2. The van der Waals surface area contributed by atoms with E-state index in [4.69, 9.17) is 5.73 Å². The second-order valence-electron chi connectivity index (χ2n) is 7.37. The summed E-state index contributed by atoms with van der Waals surface area (Å²) in [7, 11) is 0. The van der Waals surface area contributed by atoms with E-state index in [1.807, 2.05) is 0 Å². The molecule has 1 aromatic rings. The molecule has 0 aromatic carbocycles. The number of nitrogens with zero attached hydrogens (tertiary/aromatic N) is 4. The summed E-state index contributed by atoms with van der Waals surface area (Å²) >= 11 is 0. The van der Waals surface area contributed by atoms with E-state index in [9.17, 15) is 14.4 Å². The van der Waals surface area contributed by atoms with Crippen LogP contribution < -0.4 is 5.73 Å². The van der Waals surface area contributed by atoms with Crippen LogP contribution in [0.3, 0.4) is 0 Å². The Morgan fingerprint density at radius 1 is 1.22 bits per heavy atom. The number of hydrogen-bond acceptors (Lipinski definition) is 5. The third kappa shape index (κ3) is 6.30. The first-order valence-electron chi connectivity index (χ1n) is 9.51. The number of piperidine rings is 1. The number of amides is 3. The van der Waals surface area contributed by atoms with Gasteiger partial charge in [0.1, 0.15) is 5.69 Å². The number of carbonyl (C=O) groups excluding carboxylic acids is 3. The van der Waals surface area contributed by atoms with Gasteiger partial charge < -0.3 is 15.5 Å². The molecule has 148 valence electrons. The standard InChI is InChI=1S/C19H29N5O3/c1-14(2)3-9-24(19(27)16-13-21-7-8-22-16)12-6-17(25)23-10-4-15(5-11-23)18(20)26/h7-8,13-15H,3-6,9-12H2,1-2H3,(H2,20,26).